The highest BCUT2D eigenvalue weighted by molar-refractivity contribution is 6.35. The Hall–Kier alpha value is -2.34. The van der Waals surface area contributed by atoms with Crippen molar-refractivity contribution < 1.29 is 9.53 Å². The van der Waals surface area contributed by atoms with Gasteiger partial charge in [0.15, 0.2) is 6.10 Å². The van der Waals surface area contributed by atoms with Crippen LogP contribution in [0.25, 0.3) is 10.9 Å². The fourth-order valence-corrected chi connectivity index (χ4v) is 3.13. The zero-order valence-corrected chi connectivity index (χ0v) is 17.1. The van der Waals surface area contributed by atoms with E-state index in [0.717, 1.165) is 10.9 Å². The van der Waals surface area contributed by atoms with E-state index >= 15 is 0 Å². The minimum Gasteiger partial charge on any atom is -0.479 e. The molecule has 3 aromatic rings. The molecule has 0 aliphatic heterocycles. The van der Waals surface area contributed by atoms with E-state index in [0.29, 0.717) is 32.9 Å². The van der Waals surface area contributed by atoms with E-state index in [-0.39, 0.29) is 0 Å². The fourth-order valence-electron chi connectivity index (χ4n) is 2.48. The van der Waals surface area contributed by atoms with Gasteiger partial charge in [-0.25, -0.2) is 10.4 Å². The van der Waals surface area contributed by atoms with Crippen molar-refractivity contribution in [1.82, 2.24) is 10.4 Å². The standard InChI is InChI=1S/C20H16Cl3N3O2/c1-2-17(28-18-8-7-14(21)10-15(18)22)20(27)26-24-11-13-9-12-5-3-4-6-16(12)25-19(13)23/h3-11,17H,2H2,1H3,(H,26,27)/b24-11-/t17-/m1/s1. The first kappa shape index (κ1) is 20.4. The molecule has 2 aromatic carbocycles. The topological polar surface area (TPSA) is 63.6 Å². The number of benzene rings is 2. The Morgan fingerprint density at radius 2 is 2.00 bits per heavy atom. The third-order valence-electron chi connectivity index (χ3n) is 3.91. The van der Waals surface area contributed by atoms with Crippen molar-refractivity contribution in [3.8, 4) is 5.75 Å². The number of aromatic nitrogens is 1. The number of carbonyl (C=O) groups is 1. The number of nitrogens with one attached hydrogen (secondary N) is 1. The van der Waals surface area contributed by atoms with Crippen LogP contribution in [-0.2, 0) is 4.79 Å². The Balaban J connectivity index is 1.68. The summed E-state index contributed by atoms with van der Waals surface area (Å²) in [4.78, 5) is 16.7. The van der Waals surface area contributed by atoms with E-state index in [2.05, 4.69) is 15.5 Å². The van der Waals surface area contributed by atoms with E-state index in [1.54, 1.807) is 18.2 Å². The highest BCUT2D eigenvalue weighted by Gasteiger charge is 2.19. The monoisotopic (exact) mass is 435 g/mol. The second-order valence-corrected chi connectivity index (χ2v) is 7.09. The molecule has 1 heterocycles. The Labute approximate surface area is 177 Å². The van der Waals surface area contributed by atoms with Gasteiger partial charge in [-0.2, -0.15) is 5.10 Å². The summed E-state index contributed by atoms with van der Waals surface area (Å²) in [6.45, 7) is 1.82. The average molecular weight is 437 g/mol. The highest BCUT2D eigenvalue weighted by Crippen LogP contribution is 2.28. The number of hydrazone groups is 1. The molecule has 0 spiro atoms. The van der Waals surface area contributed by atoms with Gasteiger partial charge in [0.25, 0.3) is 5.91 Å². The molecule has 0 saturated heterocycles. The largest absolute Gasteiger partial charge is 0.479 e. The number of hydrogen-bond donors (Lipinski definition) is 1. The maximum atomic E-state index is 12.4. The maximum absolute atomic E-state index is 12.4. The van der Waals surface area contributed by atoms with Gasteiger partial charge in [0.2, 0.25) is 0 Å². The molecule has 0 aliphatic carbocycles. The van der Waals surface area contributed by atoms with Crippen LogP contribution in [0.4, 0.5) is 0 Å². The molecule has 28 heavy (non-hydrogen) atoms. The summed E-state index contributed by atoms with van der Waals surface area (Å²) < 4.78 is 5.68. The zero-order chi connectivity index (χ0) is 20.1. The molecule has 0 unspecified atom stereocenters. The second kappa shape index (κ2) is 9.24. The van der Waals surface area contributed by atoms with Gasteiger partial charge in [-0.15, -0.1) is 0 Å². The van der Waals surface area contributed by atoms with Crippen molar-refractivity contribution >= 4 is 57.8 Å². The normalized spacial score (nSPS) is 12.3. The lowest BCUT2D eigenvalue weighted by molar-refractivity contribution is -0.128. The van der Waals surface area contributed by atoms with Gasteiger partial charge < -0.3 is 4.74 Å². The van der Waals surface area contributed by atoms with Gasteiger partial charge in [-0.3, -0.25) is 4.79 Å². The Kier molecular flexibility index (Phi) is 6.73. The van der Waals surface area contributed by atoms with Crippen LogP contribution in [0.3, 0.4) is 0 Å². The van der Waals surface area contributed by atoms with Gasteiger partial charge in [0, 0.05) is 16.0 Å². The maximum Gasteiger partial charge on any atom is 0.281 e. The molecule has 0 radical (unpaired) electrons. The van der Waals surface area contributed by atoms with Gasteiger partial charge in [-0.1, -0.05) is 59.9 Å². The van der Waals surface area contributed by atoms with Crippen molar-refractivity contribution in [3.05, 3.63) is 69.3 Å². The van der Waals surface area contributed by atoms with E-state index in [1.807, 2.05) is 37.3 Å². The molecule has 5 nitrogen and oxygen atoms in total. The molecular weight excluding hydrogens is 421 g/mol. The Morgan fingerprint density at radius 3 is 2.75 bits per heavy atom. The quantitative estimate of drug-likeness (QED) is 0.315. The first-order valence-corrected chi connectivity index (χ1v) is 9.61. The summed E-state index contributed by atoms with van der Waals surface area (Å²) in [6.07, 6.45) is 1.11. The predicted octanol–water partition coefficient (Wildman–Crippen LogP) is 5.50. The molecule has 144 valence electrons. The number of hydrogen-bond acceptors (Lipinski definition) is 4. The van der Waals surface area contributed by atoms with Crippen LogP contribution in [0.5, 0.6) is 5.75 Å². The first-order valence-electron chi connectivity index (χ1n) is 8.48. The van der Waals surface area contributed by atoms with Crippen LogP contribution in [0.1, 0.15) is 18.9 Å². The molecule has 0 fully saturated rings. The van der Waals surface area contributed by atoms with Gasteiger partial charge in [-0.05, 0) is 36.8 Å². The van der Waals surface area contributed by atoms with Crippen LogP contribution >= 0.6 is 34.8 Å². The Morgan fingerprint density at radius 1 is 1.21 bits per heavy atom. The van der Waals surface area contributed by atoms with Crippen molar-refractivity contribution in [2.75, 3.05) is 0 Å². The zero-order valence-electron chi connectivity index (χ0n) is 14.8. The van der Waals surface area contributed by atoms with Gasteiger partial charge >= 0.3 is 0 Å². The minimum absolute atomic E-state index is 0.299. The number of para-hydroxylation sites is 1. The number of ether oxygens (including phenoxy) is 1. The molecular formula is C20H16Cl3N3O2. The number of amides is 1. The summed E-state index contributed by atoms with van der Waals surface area (Å²) in [5.74, 6) is -0.0338. The number of pyridine rings is 1. The lowest BCUT2D eigenvalue weighted by atomic mass is 10.2. The van der Waals surface area contributed by atoms with E-state index in [1.165, 1.54) is 6.21 Å². The molecule has 1 aromatic heterocycles. The summed E-state index contributed by atoms with van der Waals surface area (Å²) in [5, 5.41) is 6.01. The van der Waals surface area contributed by atoms with Crippen LogP contribution in [0.15, 0.2) is 53.6 Å². The highest BCUT2D eigenvalue weighted by atomic mass is 35.5. The average Bonchev–Trinajstić information content (AvgIpc) is 2.67. The summed E-state index contributed by atoms with van der Waals surface area (Å²) in [5.41, 5.74) is 3.84. The SMILES string of the molecule is CC[C@@H](Oc1ccc(Cl)cc1Cl)C(=O)N/N=C\c1cc2ccccc2nc1Cl. The van der Waals surface area contributed by atoms with Crippen molar-refractivity contribution in [3.63, 3.8) is 0 Å². The van der Waals surface area contributed by atoms with Crippen molar-refractivity contribution in [2.24, 2.45) is 5.10 Å². The number of halogens is 3. The molecule has 3 rings (SSSR count). The predicted molar refractivity (Wildman–Crippen MR) is 114 cm³/mol. The number of fused-ring (bicyclic) bond motifs is 1. The third-order valence-corrected chi connectivity index (χ3v) is 4.74. The Bertz CT molecular complexity index is 1040. The molecule has 0 saturated carbocycles. The van der Waals surface area contributed by atoms with Crippen LogP contribution < -0.4 is 10.2 Å². The molecule has 1 amide bonds. The van der Waals surface area contributed by atoms with Crippen LogP contribution in [0.2, 0.25) is 15.2 Å². The fraction of sp³-hybridized carbons (Fsp3) is 0.150. The van der Waals surface area contributed by atoms with E-state index < -0.39 is 12.0 Å². The lowest BCUT2D eigenvalue weighted by Gasteiger charge is -2.16. The van der Waals surface area contributed by atoms with Gasteiger partial charge in [0.1, 0.15) is 10.9 Å². The van der Waals surface area contributed by atoms with Gasteiger partial charge in [0.05, 0.1) is 16.8 Å². The second-order valence-electron chi connectivity index (χ2n) is 5.88. The third kappa shape index (κ3) is 4.93. The van der Waals surface area contributed by atoms with Crippen molar-refractivity contribution in [2.45, 2.75) is 19.4 Å². The summed E-state index contributed by atoms with van der Waals surface area (Å²) in [6, 6.07) is 14.2. The van der Waals surface area contributed by atoms with E-state index in [9.17, 15) is 4.79 Å². The molecule has 0 aliphatic rings. The lowest BCUT2D eigenvalue weighted by Crippen LogP contribution is -2.35. The first-order chi connectivity index (χ1) is 13.5. The number of nitrogens with zero attached hydrogens (tertiary/aromatic N) is 2. The summed E-state index contributed by atoms with van der Waals surface area (Å²) >= 11 is 18.1. The number of rotatable bonds is 6. The van der Waals surface area contributed by atoms with Crippen molar-refractivity contribution in [1.29, 1.82) is 0 Å². The minimum atomic E-state index is -0.763. The summed E-state index contributed by atoms with van der Waals surface area (Å²) in [7, 11) is 0. The van der Waals surface area contributed by atoms with Crippen LogP contribution in [-0.4, -0.2) is 23.2 Å². The van der Waals surface area contributed by atoms with E-state index in [4.69, 9.17) is 39.5 Å². The number of carbonyl (C=O) groups excluding carboxylic acids is 1. The molecule has 1 atom stereocenters. The molecule has 1 N–H and O–H groups in total. The molecule has 8 heteroatoms. The van der Waals surface area contributed by atoms with Crippen LogP contribution in [0, 0.1) is 0 Å². The smallest absolute Gasteiger partial charge is 0.281 e. The molecule has 0 bridgehead atoms.